The first-order chi connectivity index (χ1) is 12.3. The van der Waals surface area contributed by atoms with Gasteiger partial charge in [0.05, 0.1) is 22.3 Å². The zero-order valence-corrected chi connectivity index (χ0v) is 13.1. The topological polar surface area (TPSA) is 74.6 Å². The van der Waals surface area contributed by atoms with Gasteiger partial charge in [0.25, 0.3) is 0 Å². The van der Waals surface area contributed by atoms with Crippen LogP contribution in [0, 0.1) is 0 Å². The Morgan fingerprint density at radius 3 is 1.30 bits per heavy atom. The molecule has 2 aromatic rings. The molecule has 2 N–H and O–H groups in total. The standard InChI is InChI=1S/C17H10F6O4/c18-16(19,20)12-3-1-8(14(24)25)5-10(12)7-11-6-9(15(26)27)2-4-13(11)17(21,22)23/h1-6H,7H2,(H,24,25)(H,26,27). The zero-order valence-electron chi connectivity index (χ0n) is 13.1. The van der Waals surface area contributed by atoms with Crippen molar-refractivity contribution in [2.75, 3.05) is 0 Å². The van der Waals surface area contributed by atoms with E-state index in [0.717, 1.165) is 0 Å². The van der Waals surface area contributed by atoms with E-state index in [1.165, 1.54) is 0 Å². The molecule has 0 atom stereocenters. The van der Waals surface area contributed by atoms with Gasteiger partial charge in [-0.2, -0.15) is 26.3 Å². The maximum Gasteiger partial charge on any atom is 0.416 e. The lowest BCUT2D eigenvalue weighted by molar-refractivity contribution is -0.138. The molecule has 2 rings (SSSR count). The smallest absolute Gasteiger partial charge is 0.416 e. The van der Waals surface area contributed by atoms with Gasteiger partial charge in [0.1, 0.15) is 0 Å². The lowest BCUT2D eigenvalue weighted by Gasteiger charge is -2.17. The number of rotatable bonds is 4. The van der Waals surface area contributed by atoms with Gasteiger partial charge in [-0.25, -0.2) is 9.59 Å². The molecule has 0 fully saturated rings. The Hall–Kier alpha value is -3.04. The average Bonchev–Trinajstić information content (AvgIpc) is 2.52. The van der Waals surface area contributed by atoms with Gasteiger partial charge in [0.2, 0.25) is 0 Å². The molecular weight excluding hydrogens is 382 g/mol. The normalized spacial score (nSPS) is 12.1. The third-order valence-corrected chi connectivity index (χ3v) is 3.70. The highest BCUT2D eigenvalue weighted by Gasteiger charge is 2.36. The van der Waals surface area contributed by atoms with E-state index in [1.807, 2.05) is 0 Å². The summed E-state index contributed by atoms with van der Waals surface area (Å²) in [5, 5.41) is 17.9. The molecule has 0 bridgehead atoms. The largest absolute Gasteiger partial charge is 0.478 e. The van der Waals surface area contributed by atoms with Crippen molar-refractivity contribution in [2.45, 2.75) is 18.8 Å². The average molecular weight is 392 g/mol. The SMILES string of the molecule is O=C(O)c1ccc(C(F)(F)F)c(Cc2cc(C(=O)O)ccc2C(F)(F)F)c1. The van der Waals surface area contributed by atoms with Crippen LogP contribution in [0.5, 0.6) is 0 Å². The zero-order chi connectivity index (χ0) is 20.6. The minimum atomic E-state index is -4.94. The third kappa shape index (κ3) is 4.57. The van der Waals surface area contributed by atoms with E-state index in [0.29, 0.717) is 36.4 Å². The van der Waals surface area contributed by atoms with Crippen LogP contribution in [0.1, 0.15) is 43.0 Å². The lowest BCUT2D eigenvalue weighted by Crippen LogP contribution is -2.14. The van der Waals surface area contributed by atoms with Crippen LogP contribution in [0.2, 0.25) is 0 Å². The van der Waals surface area contributed by atoms with Gasteiger partial charge in [-0.05, 0) is 53.9 Å². The van der Waals surface area contributed by atoms with Crippen LogP contribution < -0.4 is 0 Å². The monoisotopic (exact) mass is 392 g/mol. The third-order valence-electron chi connectivity index (χ3n) is 3.70. The molecule has 0 aliphatic carbocycles. The summed E-state index contributed by atoms with van der Waals surface area (Å²) in [7, 11) is 0. The maximum atomic E-state index is 13.2. The molecule has 2 aromatic carbocycles. The Bertz CT molecular complexity index is 826. The van der Waals surface area contributed by atoms with Crippen LogP contribution in [0.4, 0.5) is 26.3 Å². The summed E-state index contributed by atoms with van der Waals surface area (Å²) in [4.78, 5) is 22.0. The van der Waals surface area contributed by atoms with Gasteiger partial charge in [-0.15, -0.1) is 0 Å². The van der Waals surface area contributed by atoms with Gasteiger partial charge in [-0.1, -0.05) is 0 Å². The number of hydrogen-bond donors (Lipinski definition) is 2. The van der Waals surface area contributed by atoms with Crippen LogP contribution in [0.3, 0.4) is 0 Å². The molecule has 0 heterocycles. The molecule has 0 spiro atoms. The van der Waals surface area contributed by atoms with E-state index in [-0.39, 0.29) is 0 Å². The molecule has 10 heteroatoms. The Morgan fingerprint density at radius 2 is 1.04 bits per heavy atom. The van der Waals surface area contributed by atoms with E-state index in [4.69, 9.17) is 10.2 Å². The van der Waals surface area contributed by atoms with Crippen molar-refractivity contribution in [3.8, 4) is 0 Å². The molecule has 0 unspecified atom stereocenters. The fourth-order valence-corrected chi connectivity index (χ4v) is 2.50. The van der Waals surface area contributed by atoms with Crippen molar-refractivity contribution in [3.05, 3.63) is 69.8 Å². The van der Waals surface area contributed by atoms with Gasteiger partial charge >= 0.3 is 24.3 Å². The second-order valence-electron chi connectivity index (χ2n) is 5.53. The highest BCUT2D eigenvalue weighted by Crippen LogP contribution is 2.37. The Balaban J connectivity index is 2.67. The summed E-state index contributed by atoms with van der Waals surface area (Å²) >= 11 is 0. The fraction of sp³-hybridized carbons (Fsp3) is 0.176. The summed E-state index contributed by atoms with van der Waals surface area (Å²) in [5.41, 5.74) is -5.12. The minimum absolute atomic E-state index is 0.465. The highest BCUT2D eigenvalue weighted by molar-refractivity contribution is 5.88. The van der Waals surface area contributed by atoms with Crippen molar-refractivity contribution in [2.24, 2.45) is 0 Å². The highest BCUT2D eigenvalue weighted by atomic mass is 19.4. The molecule has 0 aliphatic rings. The van der Waals surface area contributed by atoms with E-state index >= 15 is 0 Å². The van der Waals surface area contributed by atoms with Crippen LogP contribution >= 0.6 is 0 Å². The molecule has 0 radical (unpaired) electrons. The minimum Gasteiger partial charge on any atom is -0.478 e. The summed E-state index contributed by atoms with van der Waals surface area (Å²) < 4.78 is 79.0. The number of benzene rings is 2. The number of hydrogen-bond acceptors (Lipinski definition) is 2. The summed E-state index contributed by atoms with van der Waals surface area (Å²) in [6.07, 6.45) is -10.8. The summed E-state index contributed by atoms with van der Waals surface area (Å²) in [5.74, 6) is -3.11. The number of halogens is 6. The van der Waals surface area contributed by atoms with Crippen LogP contribution in [0.15, 0.2) is 36.4 Å². The predicted octanol–water partition coefficient (Wildman–Crippen LogP) is 4.71. The second kappa shape index (κ2) is 6.93. The summed E-state index contributed by atoms with van der Waals surface area (Å²) in [6.45, 7) is 0. The molecule has 27 heavy (non-hydrogen) atoms. The lowest BCUT2D eigenvalue weighted by atomic mass is 9.93. The van der Waals surface area contributed by atoms with Gasteiger partial charge < -0.3 is 10.2 Å². The molecule has 0 amide bonds. The van der Waals surface area contributed by atoms with Crippen LogP contribution in [-0.4, -0.2) is 22.2 Å². The Labute approximate surface area is 147 Å². The number of aromatic carboxylic acids is 2. The molecule has 0 saturated carbocycles. The van der Waals surface area contributed by atoms with Gasteiger partial charge in [-0.3, -0.25) is 0 Å². The molecule has 144 valence electrons. The first-order valence-corrected chi connectivity index (χ1v) is 7.17. The van der Waals surface area contributed by atoms with Crippen LogP contribution in [0.25, 0.3) is 0 Å². The predicted molar refractivity (Wildman–Crippen MR) is 79.6 cm³/mol. The fourth-order valence-electron chi connectivity index (χ4n) is 2.50. The van der Waals surface area contributed by atoms with Crippen molar-refractivity contribution in [3.63, 3.8) is 0 Å². The van der Waals surface area contributed by atoms with E-state index in [2.05, 4.69) is 0 Å². The number of carboxylic acids is 2. The number of alkyl halides is 6. The Morgan fingerprint density at radius 1 is 0.704 bits per heavy atom. The van der Waals surface area contributed by atoms with Crippen molar-refractivity contribution >= 4 is 11.9 Å². The summed E-state index contributed by atoms with van der Waals surface area (Å²) in [6, 6.07) is 3.55. The van der Waals surface area contributed by atoms with E-state index in [9.17, 15) is 35.9 Å². The van der Waals surface area contributed by atoms with Crippen molar-refractivity contribution in [1.82, 2.24) is 0 Å². The van der Waals surface area contributed by atoms with Gasteiger partial charge in [0, 0.05) is 0 Å². The van der Waals surface area contributed by atoms with Gasteiger partial charge in [0.15, 0.2) is 0 Å². The van der Waals surface area contributed by atoms with E-state index in [1.54, 1.807) is 0 Å². The Kier molecular flexibility index (Phi) is 5.21. The molecule has 4 nitrogen and oxygen atoms in total. The molecule has 0 aromatic heterocycles. The van der Waals surface area contributed by atoms with Crippen molar-refractivity contribution in [1.29, 1.82) is 0 Å². The molecule has 0 saturated heterocycles. The first-order valence-electron chi connectivity index (χ1n) is 7.17. The number of carbonyl (C=O) groups is 2. The second-order valence-corrected chi connectivity index (χ2v) is 5.53. The quantitative estimate of drug-likeness (QED) is 0.739. The van der Waals surface area contributed by atoms with Crippen LogP contribution in [-0.2, 0) is 18.8 Å². The first kappa shape index (κ1) is 20.3. The van der Waals surface area contributed by atoms with Crippen molar-refractivity contribution < 1.29 is 46.1 Å². The maximum absolute atomic E-state index is 13.2. The van der Waals surface area contributed by atoms with E-state index < -0.39 is 64.1 Å². The molecule has 0 aliphatic heterocycles. The molecular formula is C17H10F6O4. The number of carboxylic acid groups (broad SMARTS) is 2.